The highest BCUT2D eigenvalue weighted by atomic mass is 19.1. The van der Waals surface area contributed by atoms with Gasteiger partial charge in [0.1, 0.15) is 17.1 Å². The van der Waals surface area contributed by atoms with Crippen molar-refractivity contribution in [2.75, 3.05) is 40.5 Å². The molecule has 0 spiro atoms. The van der Waals surface area contributed by atoms with E-state index >= 15 is 0 Å². The number of para-hydroxylation sites is 1. The summed E-state index contributed by atoms with van der Waals surface area (Å²) in [6, 6.07) is 12.9. The molecule has 0 saturated carbocycles. The van der Waals surface area contributed by atoms with Crippen molar-refractivity contribution < 1.29 is 32.7 Å². The summed E-state index contributed by atoms with van der Waals surface area (Å²) >= 11 is 0. The van der Waals surface area contributed by atoms with Crippen LogP contribution in [0.3, 0.4) is 0 Å². The van der Waals surface area contributed by atoms with E-state index in [2.05, 4.69) is 20.1 Å². The van der Waals surface area contributed by atoms with Crippen molar-refractivity contribution in [2.45, 2.75) is 6.54 Å². The third-order valence-electron chi connectivity index (χ3n) is 6.07. The molecular formula is C26H24FN5O6. The van der Waals surface area contributed by atoms with E-state index in [0.717, 1.165) is 13.1 Å². The molecule has 1 aliphatic heterocycles. The van der Waals surface area contributed by atoms with Gasteiger partial charge in [-0.2, -0.15) is 10.1 Å². The van der Waals surface area contributed by atoms with Crippen molar-refractivity contribution in [3.63, 3.8) is 0 Å². The zero-order chi connectivity index (χ0) is 26.6. The number of ether oxygens (including phenoxy) is 3. The first kappa shape index (κ1) is 25.2. The van der Waals surface area contributed by atoms with Gasteiger partial charge in [0.15, 0.2) is 5.69 Å². The number of morpholine rings is 1. The quantitative estimate of drug-likeness (QED) is 0.335. The van der Waals surface area contributed by atoms with Crippen LogP contribution in [0, 0.1) is 5.82 Å². The van der Waals surface area contributed by atoms with Crippen molar-refractivity contribution in [3.05, 3.63) is 71.5 Å². The number of methoxy groups -OCH3 is 2. The van der Waals surface area contributed by atoms with Gasteiger partial charge >= 0.3 is 11.9 Å². The van der Waals surface area contributed by atoms with Crippen LogP contribution in [0.4, 0.5) is 4.39 Å². The van der Waals surface area contributed by atoms with E-state index in [1.54, 1.807) is 30.3 Å². The van der Waals surface area contributed by atoms with E-state index in [4.69, 9.17) is 18.7 Å². The molecule has 5 rings (SSSR count). The molecule has 12 heteroatoms. The van der Waals surface area contributed by atoms with Crippen LogP contribution in [0.25, 0.3) is 28.3 Å². The molecule has 4 aromatic rings. The lowest BCUT2D eigenvalue weighted by molar-refractivity contribution is 0.0297. The molecule has 2 aromatic heterocycles. The Labute approximate surface area is 216 Å². The first-order valence-corrected chi connectivity index (χ1v) is 11.8. The second-order valence-corrected chi connectivity index (χ2v) is 8.40. The lowest BCUT2D eigenvalue weighted by Crippen LogP contribution is -2.35. The van der Waals surface area contributed by atoms with Gasteiger partial charge < -0.3 is 18.7 Å². The van der Waals surface area contributed by atoms with Crippen LogP contribution in [-0.4, -0.2) is 77.3 Å². The molecule has 0 aliphatic carbocycles. The maximum Gasteiger partial charge on any atom is 0.357 e. The summed E-state index contributed by atoms with van der Waals surface area (Å²) in [5, 5.41) is 8.50. The molecule has 0 unspecified atom stereocenters. The molecule has 196 valence electrons. The van der Waals surface area contributed by atoms with Gasteiger partial charge in [-0.15, -0.1) is 0 Å². The predicted molar refractivity (Wildman–Crippen MR) is 131 cm³/mol. The molecule has 11 nitrogen and oxygen atoms in total. The van der Waals surface area contributed by atoms with Crippen LogP contribution in [0.1, 0.15) is 26.7 Å². The lowest BCUT2D eigenvalue weighted by atomic mass is 10.0. The van der Waals surface area contributed by atoms with E-state index in [0.29, 0.717) is 36.9 Å². The second kappa shape index (κ2) is 10.9. The fourth-order valence-corrected chi connectivity index (χ4v) is 4.18. The average Bonchev–Trinajstić information content (AvgIpc) is 3.59. The van der Waals surface area contributed by atoms with Crippen molar-refractivity contribution in [1.29, 1.82) is 0 Å². The van der Waals surface area contributed by atoms with Crippen molar-refractivity contribution in [1.82, 2.24) is 24.8 Å². The molecule has 0 amide bonds. The largest absolute Gasteiger partial charge is 0.465 e. The smallest absolute Gasteiger partial charge is 0.357 e. The Morgan fingerprint density at radius 1 is 1.03 bits per heavy atom. The fourth-order valence-electron chi connectivity index (χ4n) is 4.18. The maximum absolute atomic E-state index is 15.0. The minimum Gasteiger partial charge on any atom is -0.465 e. The molecule has 0 bridgehead atoms. The van der Waals surface area contributed by atoms with Gasteiger partial charge in [-0.3, -0.25) is 4.90 Å². The van der Waals surface area contributed by atoms with E-state index < -0.39 is 17.8 Å². The van der Waals surface area contributed by atoms with Crippen LogP contribution in [-0.2, 0) is 20.8 Å². The molecule has 1 fully saturated rings. The van der Waals surface area contributed by atoms with Gasteiger partial charge in [0.25, 0.3) is 0 Å². The number of esters is 2. The van der Waals surface area contributed by atoms with Gasteiger partial charge in [0.05, 0.1) is 45.2 Å². The van der Waals surface area contributed by atoms with Crippen LogP contribution in [0.2, 0.25) is 0 Å². The van der Waals surface area contributed by atoms with Crippen LogP contribution in [0.15, 0.2) is 53.1 Å². The van der Waals surface area contributed by atoms with Gasteiger partial charge in [-0.25, -0.2) is 18.7 Å². The van der Waals surface area contributed by atoms with E-state index in [1.807, 2.05) is 0 Å². The molecule has 1 saturated heterocycles. The molecule has 0 atom stereocenters. The van der Waals surface area contributed by atoms with Gasteiger partial charge in [0.2, 0.25) is 11.7 Å². The number of hydrogen-bond acceptors (Lipinski definition) is 10. The number of halogens is 1. The normalized spacial score (nSPS) is 13.9. The van der Waals surface area contributed by atoms with Crippen molar-refractivity contribution >= 4 is 11.9 Å². The summed E-state index contributed by atoms with van der Waals surface area (Å²) in [6.45, 7) is 3.09. The van der Waals surface area contributed by atoms with E-state index in [1.165, 1.54) is 37.1 Å². The Bertz CT molecular complexity index is 1460. The maximum atomic E-state index is 15.0. The summed E-state index contributed by atoms with van der Waals surface area (Å²) in [6.07, 6.45) is 0. The number of carbonyl (C=O) groups excluding carboxylic acids is 2. The topological polar surface area (TPSA) is 122 Å². The average molecular weight is 522 g/mol. The van der Waals surface area contributed by atoms with Crippen molar-refractivity contribution in [3.8, 4) is 28.3 Å². The van der Waals surface area contributed by atoms with Crippen LogP contribution in [0.5, 0.6) is 0 Å². The first-order chi connectivity index (χ1) is 18.5. The molecule has 0 radical (unpaired) electrons. The third kappa shape index (κ3) is 4.91. The van der Waals surface area contributed by atoms with E-state index in [9.17, 15) is 14.0 Å². The monoisotopic (exact) mass is 521 g/mol. The zero-order valence-corrected chi connectivity index (χ0v) is 20.7. The molecule has 2 aromatic carbocycles. The minimum atomic E-state index is -0.805. The SMILES string of the molecule is COC(=O)c1c(-c2ccc(F)c(-c3noc(CN4CCOCC4)n3)c2)nn(-c2ccccc2)c1C(=O)OC. The summed E-state index contributed by atoms with van der Waals surface area (Å²) in [5.41, 5.74) is 0.739. The van der Waals surface area contributed by atoms with Gasteiger partial charge in [-0.1, -0.05) is 23.4 Å². The Kier molecular flexibility index (Phi) is 7.24. The summed E-state index contributed by atoms with van der Waals surface area (Å²) in [5.74, 6) is -1.81. The second-order valence-electron chi connectivity index (χ2n) is 8.40. The standard InChI is InChI=1S/C26H24FN5O6/c1-35-25(33)21-22(29-32(23(21)26(34)36-2)17-6-4-3-5-7-17)16-8-9-19(27)18(14-16)24-28-20(38-30-24)15-31-10-12-37-13-11-31/h3-9,14H,10-13,15H2,1-2H3. The number of carbonyl (C=O) groups is 2. The highest BCUT2D eigenvalue weighted by Crippen LogP contribution is 2.32. The number of hydrogen-bond donors (Lipinski definition) is 0. The Morgan fingerprint density at radius 2 is 1.76 bits per heavy atom. The first-order valence-electron chi connectivity index (χ1n) is 11.8. The third-order valence-corrected chi connectivity index (χ3v) is 6.07. The van der Waals surface area contributed by atoms with E-state index in [-0.39, 0.29) is 28.3 Å². The number of benzene rings is 2. The highest BCUT2D eigenvalue weighted by Gasteiger charge is 2.32. The van der Waals surface area contributed by atoms with Gasteiger partial charge in [0, 0.05) is 18.7 Å². The number of nitrogens with zero attached hydrogens (tertiary/aromatic N) is 5. The molecule has 38 heavy (non-hydrogen) atoms. The van der Waals surface area contributed by atoms with Gasteiger partial charge in [-0.05, 0) is 30.3 Å². The molecular weight excluding hydrogens is 497 g/mol. The Balaban J connectivity index is 1.59. The summed E-state index contributed by atoms with van der Waals surface area (Å²) in [7, 11) is 2.39. The Hall–Kier alpha value is -4.42. The highest BCUT2D eigenvalue weighted by molar-refractivity contribution is 6.07. The number of aromatic nitrogens is 4. The molecule has 3 heterocycles. The van der Waals surface area contributed by atoms with Crippen molar-refractivity contribution in [2.24, 2.45) is 0 Å². The van der Waals surface area contributed by atoms with Crippen LogP contribution >= 0.6 is 0 Å². The minimum absolute atomic E-state index is 0.0444. The van der Waals surface area contributed by atoms with Crippen LogP contribution < -0.4 is 0 Å². The lowest BCUT2D eigenvalue weighted by Gasteiger charge is -2.24. The molecule has 1 aliphatic rings. The summed E-state index contributed by atoms with van der Waals surface area (Å²) < 4.78 is 36.9. The Morgan fingerprint density at radius 3 is 2.47 bits per heavy atom. The number of rotatable bonds is 7. The predicted octanol–water partition coefficient (Wildman–Crippen LogP) is 3.13. The summed E-state index contributed by atoms with van der Waals surface area (Å²) in [4.78, 5) is 32.2. The fraction of sp³-hybridized carbons (Fsp3) is 0.269. The molecule has 0 N–H and O–H groups in total. The zero-order valence-electron chi connectivity index (χ0n) is 20.7.